The number of nitrogens with zero attached hydrogens (tertiary/aromatic N) is 1. The maximum absolute atomic E-state index is 13.7. The molecule has 2 amide bonds. The Kier molecular flexibility index (Phi) is 7.84. The van der Waals surface area contributed by atoms with Gasteiger partial charge in [0.25, 0.3) is 5.91 Å². The van der Waals surface area contributed by atoms with Crippen LogP contribution in [0.5, 0.6) is 0 Å². The molecule has 1 aromatic heterocycles. The minimum absolute atomic E-state index is 0.125. The van der Waals surface area contributed by atoms with Crippen molar-refractivity contribution < 1.29 is 14.0 Å². The standard InChI is InChI=1S/C29H34N2O3/c1-3-22-13-15-24(16-14-22)27(28(32)30-25-10-4-5-11-25)31(29(33)26-12-7-19-34-26)18-17-23-9-6-8-21(2)20-23/h6-9,12-16,19-20,25,27H,3-5,10-11,17-18H2,1-2H3,(H,30,32). The van der Waals surface area contributed by atoms with Gasteiger partial charge in [-0.1, -0.05) is 73.9 Å². The number of aryl methyl sites for hydroxylation is 2. The van der Waals surface area contributed by atoms with Crippen molar-refractivity contribution in [3.63, 3.8) is 0 Å². The van der Waals surface area contributed by atoms with Crippen LogP contribution in [0.2, 0.25) is 0 Å². The Bertz CT molecular complexity index is 1080. The molecule has 1 aliphatic rings. The Balaban J connectivity index is 1.68. The maximum atomic E-state index is 13.7. The highest BCUT2D eigenvalue weighted by Gasteiger charge is 2.34. The molecule has 0 saturated heterocycles. The number of furan rings is 1. The zero-order valence-electron chi connectivity index (χ0n) is 20.1. The van der Waals surface area contributed by atoms with E-state index in [4.69, 9.17) is 4.42 Å². The quantitative estimate of drug-likeness (QED) is 0.452. The number of amides is 2. The Hall–Kier alpha value is -3.34. The van der Waals surface area contributed by atoms with E-state index in [2.05, 4.69) is 37.4 Å². The summed E-state index contributed by atoms with van der Waals surface area (Å²) in [5.41, 5.74) is 4.32. The van der Waals surface area contributed by atoms with E-state index in [-0.39, 0.29) is 23.6 Å². The third-order valence-electron chi connectivity index (χ3n) is 6.68. The molecule has 4 rings (SSSR count). The summed E-state index contributed by atoms with van der Waals surface area (Å²) in [7, 11) is 0. The zero-order chi connectivity index (χ0) is 23.9. The first-order valence-corrected chi connectivity index (χ1v) is 12.3. The van der Waals surface area contributed by atoms with E-state index in [1.807, 2.05) is 30.3 Å². The lowest BCUT2D eigenvalue weighted by Crippen LogP contribution is -2.46. The lowest BCUT2D eigenvalue weighted by molar-refractivity contribution is -0.126. The van der Waals surface area contributed by atoms with E-state index >= 15 is 0 Å². The van der Waals surface area contributed by atoms with Crippen LogP contribution in [0, 0.1) is 6.92 Å². The second-order valence-electron chi connectivity index (χ2n) is 9.20. The van der Waals surface area contributed by atoms with E-state index in [9.17, 15) is 9.59 Å². The summed E-state index contributed by atoms with van der Waals surface area (Å²) >= 11 is 0. The van der Waals surface area contributed by atoms with Gasteiger partial charge >= 0.3 is 0 Å². The minimum Gasteiger partial charge on any atom is -0.459 e. The molecule has 5 nitrogen and oxygen atoms in total. The molecule has 1 heterocycles. The minimum atomic E-state index is -0.728. The van der Waals surface area contributed by atoms with Gasteiger partial charge in [-0.15, -0.1) is 0 Å². The molecule has 0 radical (unpaired) electrons. The number of hydrogen-bond acceptors (Lipinski definition) is 3. The number of carbonyl (C=O) groups is 2. The normalized spacial score (nSPS) is 14.6. The lowest BCUT2D eigenvalue weighted by Gasteiger charge is -2.32. The summed E-state index contributed by atoms with van der Waals surface area (Å²) < 4.78 is 5.46. The molecule has 1 aliphatic carbocycles. The number of carbonyl (C=O) groups excluding carboxylic acids is 2. The van der Waals surface area contributed by atoms with Crippen LogP contribution in [0.3, 0.4) is 0 Å². The van der Waals surface area contributed by atoms with Crippen molar-refractivity contribution in [2.24, 2.45) is 0 Å². The van der Waals surface area contributed by atoms with Crippen molar-refractivity contribution in [3.8, 4) is 0 Å². The SMILES string of the molecule is CCc1ccc(C(C(=O)NC2CCCC2)N(CCc2cccc(C)c2)C(=O)c2ccco2)cc1. The van der Waals surface area contributed by atoms with Crippen molar-refractivity contribution in [1.29, 1.82) is 0 Å². The molecule has 1 unspecified atom stereocenters. The smallest absolute Gasteiger partial charge is 0.290 e. The first-order chi connectivity index (χ1) is 16.5. The van der Waals surface area contributed by atoms with Gasteiger partial charge in [0.2, 0.25) is 5.91 Å². The van der Waals surface area contributed by atoms with Crippen molar-refractivity contribution in [3.05, 3.63) is 94.9 Å². The Labute approximate surface area is 202 Å². The lowest BCUT2D eigenvalue weighted by atomic mass is 9.99. The average Bonchev–Trinajstić information content (AvgIpc) is 3.56. The first kappa shape index (κ1) is 23.8. The van der Waals surface area contributed by atoms with E-state index in [0.29, 0.717) is 13.0 Å². The van der Waals surface area contributed by atoms with Gasteiger partial charge in [0, 0.05) is 12.6 Å². The highest BCUT2D eigenvalue weighted by molar-refractivity contribution is 5.96. The molecular weight excluding hydrogens is 424 g/mol. The zero-order valence-corrected chi connectivity index (χ0v) is 20.1. The van der Waals surface area contributed by atoms with Crippen LogP contribution < -0.4 is 5.32 Å². The Morgan fingerprint density at radius 3 is 2.44 bits per heavy atom. The highest BCUT2D eigenvalue weighted by atomic mass is 16.3. The van der Waals surface area contributed by atoms with E-state index in [0.717, 1.165) is 43.2 Å². The summed E-state index contributed by atoms with van der Waals surface area (Å²) in [4.78, 5) is 29.0. The summed E-state index contributed by atoms with van der Waals surface area (Å²) in [5, 5.41) is 3.23. The third kappa shape index (κ3) is 5.77. The summed E-state index contributed by atoms with van der Waals surface area (Å²) in [5.74, 6) is -0.155. The van der Waals surface area contributed by atoms with Crippen LogP contribution in [-0.4, -0.2) is 29.3 Å². The van der Waals surface area contributed by atoms with Gasteiger partial charge in [-0.2, -0.15) is 0 Å². The van der Waals surface area contributed by atoms with Gasteiger partial charge in [-0.05, 0) is 61.4 Å². The summed E-state index contributed by atoms with van der Waals surface area (Å²) in [6, 6.07) is 19.1. The van der Waals surface area contributed by atoms with Gasteiger partial charge in [0.05, 0.1) is 6.26 Å². The van der Waals surface area contributed by atoms with Crippen LogP contribution in [-0.2, 0) is 17.6 Å². The fourth-order valence-electron chi connectivity index (χ4n) is 4.77. The fourth-order valence-corrected chi connectivity index (χ4v) is 4.77. The van der Waals surface area contributed by atoms with Gasteiger partial charge in [-0.25, -0.2) is 0 Å². The molecule has 2 aromatic carbocycles. The van der Waals surface area contributed by atoms with Gasteiger partial charge in [0.1, 0.15) is 6.04 Å². The highest BCUT2D eigenvalue weighted by Crippen LogP contribution is 2.27. The van der Waals surface area contributed by atoms with Gasteiger partial charge in [0.15, 0.2) is 5.76 Å². The summed E-state index contributed by atoms with van der Waals surface area (Å²) in [6.45, 7) is 4.57. The predicted molar refractivity (Wildman–Crippen MR) is 134 cm³/mol. The molecular formula is C29H34N2O3. The maximum Gasteiger partial charge on any atom is 0.290 e. The topological polar surface area (TPSA) is 62.6 Å². The van der Waals surface area contributed by atoms with Crippen LogP contribution in [0.4, 0.5) is 0 Å². The Morgan fingerprint density at radius 1 is 1.03 bits per heavy atom. The average molecular weight is 459 g/mol. The Morgan fingerprint density at radius 2 is 1.79 bits per heavy atom. The molecule has 0 spiro atoms. The molecule has 0 aliphatic heterocycles. The van der Waals surface area contributed by atoms with Crippen molar-refractivity contribution in [1.82, 2.24) is 10.2 Å². The second kappa shape index (κ2) is 11.2. The van der Waals surface area contributed by atoms with E-state index in [1.165, 1.54) is 17.4 Å². The number of nitrogens with one attached hydrogen (secondary N) is 1. The number of benzene rings is 2. The largest absolute Gasteiger partial charge is 0.459 e. The predicted octanol–water partition coefficient (Wildman–Crippen LogP) is 5.64. The molecule has 1 N–H and O–H groups in total. The van der Waals surface area contributed by atoms with E-state index < -0.39 is 6.04 Å². The van der Waals surface area contributed by atoms with Crippen LogP contribution in [0.15, 0.2) is 71.3 Å². The van der Waals surface area contributed by atoms with Crippen molar-refractivity contribution in [2.45, 2.75) is 64.5 Å². The van der Waals surface area contributed by atoms with Gasteiger partial charge < -0.3 is 14.6 Å². The van der Waals surface area contributed by atoms with Crippen LogP contribution >= 0.6 is 0 Å². The second-order valence-corrected chi connectivity index (χ2v) is 9.20. The third-order valence-corrected chi connectivity index (χ3v) is 6.68. The van der Waals surface area contributed by atoms with Crippen molar-refractivity contribution in [2.75, 3.05) is 6.54 Å². The number of hydrogen-bond donors (Lipinski definition) is 1. The van der Waals surface area contributed by atoms with Gasteiger partial charge in [-0.3, -0.25) is 9.59 Å². The summed E-state index contributed by atoms with van der Waals surface area (Å²) in [6.07, 6.45) is 7.29. The molecule has 1 saturated carbocycles. The molecule has 1 atom stereocenters. The van der Waals surface area contributed by atoms with Crippen molar-refractivity contribution >= 4 is 11.8 Å². The van der Waals surface area contributed by atoms with Crippen LogP contribution in [0.1, 0.15) is 71.5 Å². The molecule has 178 valence electrons. The number of rotatable bonds is 9. The molecule has 3 aromatic rings. The first-order valence-electron chi connectivity index (χ1n) is 12.3. The fraction of sp³-hybridized carbons (Fsp3) is 0.379. The molecule has 0 bridgehead atoms. The molecule has 1 fully saturated rings. The van der Waals surface area contributed by atoms with Crippen LogP contribution in [0.25, 0.3) is 0 Å². The monoisotopic (exact) mass is 458 g/mol. The molecule has 5 heteroatoms. The molecule has 34 heavy (non-hydrogen) atoms. The van der Waals surface area contributed by atoms with E-state index in [1.54, 1.807) is 17.0 Å².